The number of para-hydroxylation sites is 1. The third kappa shape index (κ3) is 2.82. The average molecular weight is 279 g/mol. The number of nitrogens with zero attached hydrogens (tertiary/aromatic N) is 1. The second kappa shape index (κ2) is 5.83. The van der Waals surface area contributed by atoms with Crippen molar-refractivity contribution in [2.75, 3.05) is 18.6 Å². The summed E-state index contributed by atoms with van der Waals surface area (Å²) in [6.07, 6.45) is 4.39. The van der Waals surface area contributed by atoms with E-state index >= 15 is 0 Å². The number of fused-ring (bicyclic) bond motifs is 1. The largest absolute Gasteiger partial charge is 0.497 e. The van der Waals surface area contributed by atoms with Gasteiger partial charge in [-0.2, -0.15) is 0 Å². The van der Waals surface area contributed by atoms with Crippen LogP contribution in [0.1, 0.15) is 11.1 Å². The van der Waals surface area contributed by atoms with E-state index in [1.54, 1.807) is 13.2 Å². The van der Waals surface area contributed by atoms with Gasteiger partial charge in [-0.3, -0.25) is 4.79 Å². The first kappa shape index (κ1) is 13.4. The van der Waals surface area contributed by atoms with Crippen molar-refractivity contribution in [3.05, 3.63) is 65.7 Å². The quantitative estimate of drug-likeness (QED) is 0.807. The standard InChI is InChI=1S/C18H17NO2/c1-21-16-9-6-14(7-10-16)8-11-18(20)19-13-12-15-4-2-3-5-17(15)19/h2-11H,12-13H2,1H3. The lowest BCUT2D eigenvalue weighted by Crippen LogP contribution is -2.26. The van der Waals surface area contributed by atoms with Crippen LogP contribution in [-0.2, 0) is 11.2 Å². The summed E-state index contributed by atoms with van der Waals surface area (Å²) < 4.78 is 5.12. The number of carbonyl (C=O) groups is 1. The highest BCUT2D eigenvalue weighted by atomic mass is 16.5. The van der Waals surface area contributed by atoms with Crippen LogP contribution in [0.2, 0.25) is 0 Å². The molecule has 1 aliphatic rings. The lowest BCUT2D eigenvalue weighted by Gasteiger charge is -2.14. The fraction of sp³-hybridized carbons (Fsp3) is 0.167. The van der Waals surface area contributed by atoms with Crippen LogP contribution in [-0.4, -0.2) is 19.6 Å². The lowest BCUT2D eigenvalue weighted by atomic mass is 10.2. The van der Waals surface area contributed by atoms with Crippen LogP contribution in [0.5, 0.6) is 5.75 Å². The molecule has 0 bridgehead atoms. The van der Waals surface area contributed by atoms with E-state index in [9.17, 15) is 4.79 Å². The molecule has 0 N–H and O–H groups in total. The molecule has 106 valence electrons. The molecule has 0 spiro atoms. The Morgan fingerprint density at radius 3 is 2.67 bits per heavy atom. The normalized spacial score (nSPS) is 13.5. The second-order valence-corrected chi connectivity index (χ2v) is 4.98. The van der Waals surface area contributed by atoms with E-state index in [1.807, 2.05) is 53.4 Å². The Kier molecular flexibility index (Phi) is 3.73. The fourth-order valence-corrected chi connectivity index (χ4v) is 2.54. The molecule has 0 radical (unpaired) electrons. The number of methoxy groups -OCH3 is 1. The molecule has 0 saturated carbocycles. The van der Waals surface area contributed by atoms with Gasteiger partial charge in [0, 0.05) is 18.3 Å². The molecule has 1 aliphatic heterocycles. The van der Waals surface area contributed by atoms with Crippen molar-refractivity contribution < 1.29 is 9.53 Å². The van der Waals surface area contributed by atoms with Crippen molar-refractivity contribution in [2.24, 2.45) is 0 Å². The van der Waals surface area contributed by atoms with Crippen LogP contribution >= 0.6 is 0 Å². The van der Waals surface area contributed by atoms with E-state index < -0.39 is 0 Å². The predicted octanol–water partition coefficient (Wildman–Crippen LogP) is 3.30. The number of hydrogen-bond acceptors (Lipinski definition) is 2. The number of ether oxygens (including phenoxy) is 1. The molecule has 0 fully saturated rings. The molecule has 0 aliphatic carbocycles. The van der Waals surface area contributed by atoms with Gasteiger partial charge in [-0.1, -0.05) is 30.3 Å². The Bertz CT molecular complexity index is 674. The molecular weight excluding hydrogens is 262 g/mol. The molecule has 21 heavy (non-hydrogen) atoms. The minimum absolute atomic E-state index is 0.0239. The van der Waals surface area contributed by atoms with Gasteiger partial charge < -0.3 is 9.64 Å². The second-order valence-electron chi connectivity index (χ2n) is 4.98. The van der Waals surface area contributed by atoms with Crippen LogP contribution in [0.4, 0.5) is 5.69 Å². The number of hydrogen-bond donors (Lipinski definition) is 0. The summed E-state index contributed by atoms with van der Waals surface area (Å²) >= 11 is 0. The zero-order valence-corrected chi connectivity index (χ0v) is 12.0. The number of amides is 1. The minimum atomic E-state index is 0.0239. The average Bonchev–Trinajstić information content (AvgIpc) is 2.97. The van der Waals surface area contributed by atoms with Crippen LogP contribution in [0.3, 0.4) is 0 Å². The van der Waals surface area contributed by atoms with Gasteiger partial charge in [0.2, 0.25) is 0 Å². The Hall–Kier alpha value is -2.55. The van der Waals surface area contributed by atoms with Gasteiger partial charge in [0.15, 0.2) is 0 Å². The number of carbonyl (C=O) groups excluding carboxylic acids is 1. The maximum Gasteiger partial charge on any atom is 0.251 e. The van der Waals surface area contributed by atoms with Crippen LogP contribution in [0, 0.1) is 0 Å². The van der Waals surface area contributed by atoms with Crippen molar-refractivity contribution >= 4 is 17.7 Å². The van der Waals surface area contributed by atoms with Crippen molar-refractivity contribution in [1.82, 2.24) is 0 Å². The molecular formula is C18H17NO2. The highest BCUT2D eigenvalue weighted by Crippen LogP contribution is 2.27. The number of rotatable bonds is 3. The van der Waals surface area contributed by atoms with Gasteiger partial charge in [-0.25, -0.2) is 0 Å². The van der Waals surface area contributed by atoms with Crippen LogP contribution < -0.4 is 9.64 Å². The van der Waals surface area contributed by atoms with Crippen molar-refractivity contribution in [3.63, 3.8) is 0 Å². The summed E-state index contributed by atoms with van der Waals surface area (Å²) in [5.74, 6) is 0.836. The predicted molar refractivity (Wildman–Crippen MR) is 84.5 cm³/mol. The molecule has 2 aromatic carbocycles. The topological polar surface area (TPSA) is 29.5 Å². The Morgan fingerprint density at radius 1 is 1.14 bits per heavy atom. The molecule has 2 aromatic rings. The molecule has 0 saturated heterocycles. The molecule has 0 unspecified atom stereocenters. The zero-order chi connectivity index (χ0) is 14.7. The van der Waals surface area contributed by atoms with Gasteiger partial charge >= 0.3 is 0 Å². The minimum Gasteiger partial charge on any atom is -0.497 e. The summed E-state index contributed by atoms with van der Waals surface area (Å²) in [7, 11) is 1.64. The van der Waals surface area contributed by atoms with Gasteiger partial charge in [0.05, 0.1) is 7.11 Å². The Morgan fingerprint density at radius 2 is 1.90 bits per heavy atom. The van der Waals surface area contributed by atoms with Gasteiger partial charge in [-0.05, 0) is 41.8 Å². The zero-order valence-electron chi connectivity index (χ0n) is 12.0. The Labute approximate surface area is 124 Å². The first-order valence-electron chi connectivity index (χ1n) is 6.99. The van der Waals surface area contributed by atoms with E-state index in [2.05, 4.69) is 6.07 Å². The van der Waals surface area contributed by atoms with E-state index in [0.717, 1.165) is 30.0 Å². The van der Waals surface area contributed by atoms with Crippen LogP contribution in [0.25, 0.3) is 6.08 Å². The molecule has 0 aromatic heterocycles. The summed E-state index contributed by atoms with van der Waals surface area (Å²) in [5.41, 5.74) is 3.25. The SMILES string of the molecule is COc1ccc(C=CC(=O)N2CCc3ccccc32)cc1. The summed E-state index contributed by atoms with van der Waals surface area (Å²) in [5, 5.41) is 0. The van der Waals surface area contributed by atoms with E-state index in [0.29, 0.717) is 0 Å². The lowest BCUT2D eigenvalue weighted by molar-refractivity contribution is -0.114. The smallest absolute Gasteiger partial charge is 0.251 e. The fourth-order valence-electron chi connectivity index (χ4n) is 2.54. The van der Waals surface area contributed by atoms with E-state index in [4.69, 9.17) is 4.74 Å². The van der Waals surface area contributed by atoms with Gasteiger partial charge in [-0.15, -0.1) is 0 Å². The summed E-state index contributed by atoms with van der Waals surface area (Å²) in [6, 6.07) is 15.7. The first-order chi connectivity index (χ1) is 10.3. The highest BCUT2D eigenvalue weighted by molar-refractivity contribution is 6.05. The monoisotopic (exact) mass is 279 g/mol. The third-order valence-electron chi connectivity index (χ3n) is 3.69. The van der Waals surface area contributed by atoms with Crippen molar-refractivity contribution in [1.29, 1.82) is 0 Å². The summed E-state index contributed by atoms with van der Waals surface area (Å²) in [4.78, 5) is 14.1. The van der Waals surface area contributed by atoms with Gasteiger partial charge in [0.25, 0.3) is 5.91 Å². The molecule has 3 heteroatoms. The maximum atomic E-state index is 12.3. The molecule has 3 rings (SSSR count). The highest BCUT2D eigenvalue weighted by Gasteiger charge is 2.22. The molecule has 1 amide bonds. The molecule has 1 heterocycles. The van der Waals surface area contributed by atoms with E-state index in [-0.39, 0.29) is 5.91 Å². The summed E-state index contributed by atoms with van der Waals surface area (Å²) in [6.45, 7) is 0.755. The van der Waals surface area contributed by atoms with Crippen LogP contribution in [0.15, 0.2) is 54.6 Å². The number of anilines is 1. The Balaban J connectivity index is 1.73. The molecule has 3 nitrogen and oxygen atoms in total. The first-order valence-corrected chi connectivity index (χ1v) is 6.99. The third-order valence-corrected chi connectivity index (χ3v) is 3.69. The maximum absolute atomic E-state index is 12.3. The van der Waals surface area contributed by atoms with E-state index in [1.165, 1.54) is 5.56 Å². The number of benzene rings is 2. The van der Waals surface area contributed by atoms with Crippen molar-refractivity contribution in [3.8, 4) is 5.75 Å². The molecule has 0 atom stereocenters. The van der Waals surface area contributed by atoms with Gasteiger partial charge in [0.1, 0.15) is 5.75 Å². The van der Waals surface area contributed by atoms with Crippen molar-refractivity contribution in [2.45, 2.75) is 6.42 Å².